The van der Waals surface area contributed by atoms with Crippen LogP contribution < -0.4 is 0 Å². The van der Waals surface area contributed by atoms with Gasteiger partial charge in [-0.3, -0.25) is 4.98 Å². The summed E-state index contributed by atoms with van der Waals surface area (Å²) in [5.74, 6) is 0. The van der Waals surface area contributed by atoms with Crippen LogP contribution in [0.15, 0.2) is 22.9 Å². The van der Waals surface area contributed by atoms with E-state index in [-0.39, 0.29) is 6.23 Å². The maximum absolute atomic E-state index is 5.56. The molecule has 1 aliphatic heterocycles. The van der Waals surface area contributed by atoms with Crippen molar-refractivity contribution in [2.45, 2.75) is 19.1 Å². The van der Waals surface area contributed by atoms with Crippen molar-refractivity contribution in [2.75, 3.05) is 6.61 Å². The molecule has 0 N–H and O–H groups in total. The molecule has 0 aliphatic carbocycles. The largest absolute Gasteiger partial charge is 0.357 e. The van der Waals surface area contributed by atoms with E-state index in [2.05, 4.69) is 26.0 Å². The van der Waals surface area contributed by atoms with Gasteiger partial charge in [0.2, 0.25) is 0 Å². The number of hydrogen-bond acceptors (Lipinski definition) is 3. The van der Waals surface area contributed by atoms with Crippen LogP contribution in [0.5, 0.6) is 0 Å². The lowest BCUT2D eigenvalue weighted by Crippen LogP contribution is -2.06. The summed E-state index contributed by atoms with van der Waals surface area (Å²) in [5, 5.41) is 4.45. The number of fused-ring (bicyclic) bond motifs is 1. The van der Waals surface area contributed by atoms with Crippen LogP contribution in [-0.2, 0) is 4.74 Å². The third-order valence-corrected chi connectivity index (χ3v) is 2.98. The van der Waals surface area contributed by atoms with Gasteiger partial charge >= 0.3 is 0 Å². The molecule has 2 aromatic heterocycles. The summed E-state index contributed by atoms with van der Waals surface area (Å²) in [6.07, 6.45) is 5.97. The molecule has 5 heteroatoms. The van der Waals surface area contributed by atoms with Gasteiger partial charge in [-0.05, 0) is 34.8 Å². The molecule has 0 saturated carbocycles. The topological polar surface area (TPSA) is 39.9 Å². The van der Waals surface area contributed by atoms with Crippen LogP contribution in [0, 0.1) is 0 Å². The van der Waals surface area contributed by atoms with Crippen LogP contribution in [-0.4, -0.2) is 21.4 Å². The number of rotatable bonds is 1. The summed E-state index contributed by atoms with van der Waals surface area (Å²) in [6.45, 7) is 0.831. The molecular weight excluding hydrogens is 258 g/mol. The molecule has 15 heavy (non-hydrogen) atoms. The molecule has 3 heterocycles. The van der Waals surface area contributed by atoms with Gasteiger partial charge in [-0.25, -0.2) is 4.68 Å². The van der Waals surface area contributed by atoms with Gasteiger partial charge in [0.1, 0.15) is 17.3 Å². The minimum Gasteiger partial charge on any atom is -0.357 e. The Morgan fingerprint density at radius 2 is 2.40 bits per heavy atom. The third-order valence-electron chi connectivity index (χ3n) is 2.54. The third kappa shape index (κ3) is 1.66. The molecule has 3 rings (SSSR count). The van der Waals surface area contributed by atoms with E-state index >= 15 is 0 Å². The lowest BCUT2D eigenvalue weighted by atomic mass is 10.3. The highest BCUT2D eigenvalue weighted by Crippen LogP contribution is 2.24. The Balaban J connectivity index is 2.05. The molecule has 1 fully saturated rings. The highest BCUT2D eigenvalue weighted by Gasteiger charge is 2.18. The van der Waals surface area contributed by atoms with Crippen molar-refractivity contribution in [3.63, 3.8) is 0 Å². The zero-order valence-electron chi connectivity index (χ0n) is 8.06. The van der Waals surface area contributed by atoms with Crippen LogP contribution in [0.2, 0.25) is 0 Å². The standard InChI is InChI=1S/C10H10BrN3O/c11-7-4-8-9(12-5-7)6-14(13-8)10-2-1-3-15-10/h4-6,10H,1-3H2. The van der Waals surface area contributed by atoms with E-state index in [0.29, 0.717) is 0 Å². The van der Waals surface area contributed by atoms with E-state index in [1.807, 2.05) is 16.9 Å². The van der Waals surface area contributed by atoms with Crippen molar-refractivity contribution in [3.8, 4) is 0 Å². The lowest BCUT2D eigenvalue weighted by molar-refractivity contribution is 0.0473. The van der Waals surface area contributed by atoms with Gasteiger partial charge in [-0.15, -0.1) is 0 Å². The smallest absolute Gasteiger partial charge is 0.150 e. The normalized spacial score (nSPS) is 21.3. The van der Waals surface area contributed by atoms with Crippen LogP contribution in [0.4, 0.5) is 0 Å². The van der Waals surface area contributed by atoms with E-state index in [4.69, 9.17) is 4.74 Å². The van der Waals surface area contributed by atoms with Crippen molar-refractivity contribution in [3.05, 3.63) is 22.9 Å². The average molecular weight is 268 g/mol. The Morgan fingerprint density at radius 3 is 3.20 bits per heavy atom. The molecule has 1 atom stereocenters. The van der Waals surface area contributed by atoms with Crippen LogP contribution in [0.25, 0.3) is 11.0 Å². The van der Waals surface area contributed by atoms with E-state index in [0.717, 1.165) is 35.0 Å². The molecule has 1 saturated heterocycles. The Bertz CT molecular complexity index is 490. The zero-order chi connectivity index (χ0) is 10.3. The SMILES string of the molecule is Brc1cnc2cn(C3CCCO3)nc2c1. The summed E-state index contributed by atoms with van der Waals surface area (Å²) < 4.78 is 8.38. The molecule has 2 aromatic rings. The van der Waals surface area contributed by atoms with Gasteiger partial charge in [0, 0.05) is 17.3 Å². The molecule has 0 radical (unpaired) electrons. The van der Waals surface area contributed by atoms with Crippen molar-refractivity contribution in [1.82, 2.24) is 14.8 Å². The highest BCUT2D eigenvalue weighted by molar-refractivity contribution is 9.10. The monoisotopic (exact) mass is 267 g/mol. The first kappa shape index (κ1) is 9.30. The maximum atomic E-state index is 5.56. The average Bonchev–Trinajstić information content (AvgIpc) is 2.84. The van der Waals surface area contributed by atoms with Gasteiger partial charge in [0.05, 0.1) is 6.20 Å². The second-order valence-corrected chi connectivity index (χ2v) is 4.55. The Labute approximate surface area is 95.4 Å². The summed E-state index contributed by atoms with van der Waals surface area (Å²) in [7, 11) is 0. The molecule has 78 valence electrons. The number of nitrogens with zero attached hydrogens (tertiary/aromatic N) is 3. The van der Waals surface area contributed by atoms with Crippen molar-refractivity contribution in [2.24, 2.45) is 0 Å². The van der Waals surface area contributed by atoms with Crippen molar-refractivity contribution >= 4 is 27.0 Å². The first-order chi connectivity index (χ1) is 7.33. The fourth-order valence-electron chi connectivity index (χ4n) is 1.81. The minimum atomic E-state index is 0.0953. The number of hydrogen-bond donors (Lipinski definition) is 0. The van der Waals surface area contributed by atoms with E-state index in [9.17, 15) is 0 Å². The molecule has 1 aliphatic rings. The lowest BCUT2D eigenvalue weighted by Gasteiger charge is -2.07. The predicted molar refractivity (Wildman–Crippen MR) is 59.5 cm³/mol. The number of pyridine rings is 1. The maximum Gasteiger partial charge on any atom is 0.150 e. The van der Waals surface area contributed by atoms with Gasteiger partial charge in [0.15, 0.2) is 0 Å². The van der Waals surface area contributed by atoms with Crippen LogP contribution in [0.1, 0.15) is 19.1 Å². The molecule has 0 aromatic carbocycles. The summed E-state index contributed by atoms with van der Waals surface area (Å²) in [6, 6.07) is 1.97. The second kappa shape index (κ2) is 3.57. The second-order valence-electron chi connectivity index (χ2n) is 3.63. The Morgan fingerprint density at radius 1 is 1.47 bits per heavy atom. The summed E-state index contributed by atoms with van der Waals surface area (Å²) >= 11 is 3.38. The van der Waals surface area contributed by atoms with Crippen molar-refractivity contribution < 1.29 is 4.74 Å². The molecule has 0 bridgehead atoms. The molecule has 0 amide bonds. The highest BCUT2D eigenvalue weighted by atomic mass is 79.9. The van der Waals surface area contributed by atoms with Crippen molar-refractivity contribution in [1.29, 1.82) is 0 Å². The summed E-state index contributed by atoms with van der Waals surface area (Å²) in [5.41, 5.74) is 1.81. The fraction of sp³-hybridized carbons (Fsp3) is 0.400. The van der Waals surface area contributed by atoms with Gasteiger partial charge in [-0.2, -0.15) is 5.10 Å². The van der Waals surface area contributed by atoms with E-state index < -0.39 is 0 Å². The first-order valence-electron chi connectivity index (χ1n) is 4.95. The van der Waals surface area contributed by atoms with Gasteiger partial charge in [0.25, 0.3) is 0 Å². The number of halogens is 1. The zero-order valence-corrected chi connectivity index (χ0v) is 9.64. The first-order valence-corrected chi connectivity index (χ1v) is 5.74. The molecule has 1 unspecified atom stereocenters. The minimum absolute atomic E-state index is 0.0953. The van der Waals surface area contributed by atoms with Crippen LogP contribution in [0.3, 0.4) is 0 Å². The molecular formula is C10H10BrN3O. The van der Waals surface area contributed by atoms with Gasteiger partial charge < -0.3 is 4.74 Å². The van der Waals surface area contributed by atoms with E-state index in [1.54, 1.807) is 6.20 Å². The molecule has 0 spiro atoms. The predicted octanol–water partition coefficient (Wildman–Crippen LogP) is 2.50. The quantitative estimate of drug-likeness (QED) is 0.797. The Hall–Kier alpha value is -0.940. The van der Waals surface area contributed by atoms with Crippen LogP contribution >= 0.6 is 15.9 Å². The fourth-order valence-corrected chi connectivity index (χ4v) is 2.13. The summed E-state index contributed by atoms with van der Waals surface area (Å²) in [4.78, 5) is 4.29. The Kier molecular flexibility index (Phi) is 2.21. The van der Waals surface area contributed by atoms with E-state index in [1.165, 1.54) is 0 Å². The number of ether oxygens (including phenoxy) is 1. The van der Waals surface area contributed by atoms with Gasteiger partial charge in [-0.1, -0.05) is 0 Å². The molecule has 4 nitrogen and oxygen atoms in total. The number of aromatic nitrogens is 3.